The first-order chi connectivity index (χ1) is 34.5. The summed E-state index contributed by atoms with van der Waals surface area (Å²) in [5.41, 5.74) is 0. The number of carbonyl (C=O) groups excluding carboxylic acids is 2. The zero-order chi connectivity index (χ0) is 50.9. The Hall–Kier alpha value is -1.66. The van der Waals surface area contributed by atoms with Crippen LogP contribution in [0, 0.1) is 0 Å². The van der Waals surface area contributed by atoms with E-state index >= 15 is 0 Å². The third-order valence-corrected chi connectivity index (χ3v) is 14.8. The van der Waals surface area contributed by atoms with Crippen molar-refractivity contribution >= 4 is 11.9 Å². The first-order valence-corrected chi connectivity index (χ1v) is 31.6. The summed E-state index contributed by atoms with van der Waals surface area (Å²) < 4.78 is 5.98. The molecule has 0 bridgehead atoms. The molecule has 6 nitrogen and oxygen atoms in total. The van der Waals surface area contributed by atoms with E-state index in [1.807, 2.05) is 0 Å². The summed E-state index contributed by atoms with van der Waals surface area (Å²) in [6, 6.07) is -0.702. The van der Waals surface area contributed by atoms with Crippen LogP contribution in [-0.4, -0.2) is 46.9 Å². The summed E-state index contributed by atoms with van der Waals surface area (Å²) in [4.78, 5) is 26.4. The highest BCUT2D eigenvalue weighted by atomic mass is 16.5. The number of ether oxygens (including phenoxy) is 1. The Bertz CT molecular complexity index is 1110. The molecule has 0 radical (unpaired) electrons. The van der Waals surface area contributed by atoms with E-state index in [0.29, 0.717) is 19.3 Å². The smallest absolute Gasteiger partial charge is 0.306 e. The Morgan fingerprint density at radius 1 is 0.414 bits per heavy atom. The fourth-order valence-electron chi connectivity index (χ4n) is 10.0. The van der Waals surface area contributed by atoms with Gasteiger partial charge in [0.15, 0.2) is 0 Å². The molecule has 0 fully saturated rings. The minimum Gasteiger partial charge on any atom is -0.462 e. The molecule has 3 N–H and O–H groups in total. The minimum atomic E-state index is -0.788. The van der Waals surface area contributed by atoms with E-state index in [-0.39, 0.29) is 24.9 Å². The van der Waals surface area contributed by atoms with Crippen molar-refractivity contribution in [2.24, 2.45) is 0 Å². The molecule has 0 spiro atoms. The van der Waals surface area contributed by atoms with Gasteiger partial charge in [0.2, 0.25) is 5.91 Å². The van der Waals surface area contributed by atoms with Crippen LogP contribution in [-0.2, 0) is 14.3 Å². The Kier molecular flexibility index (Phi) is 56.9. The van der Waals surface area contributed by atoms with Crippen LogP contribution in [0.2, 0.25) is 0 Å². The van der Waals surface area contributed by atoms with Gasteiger partial charge >= 0.3 is 5.97 Å². The summed E-state index contributed by atoms with van der Waals surface area (Å²) in [5.74, 6) is -0.467. The van der Waals surface area contributed by atoms with Crippen LogP contribution in [0.5, 0.6) is 0 Å². The van der Waals surface area contributed by atoms with Gasteiger partial charge in [-0.25, -0.2) is 0 Å². The molecule has 0 aromatic carbocycles. The van der Waals surface area contributed by atoms with Gasteiger partial charge in [-0.15, -0.1) is 0 Å². The molecule has 0 rings (SSSR count). The zero-order valence-corrected chi connectivity index (χ0v) is 47.4. The Balaban J connectivity index is 4.52. The number of aliphatic hydroxyl groups excluding tert-OH is 2. The second kappa shape index (κ2) is 58.2. The number of aliphatic hydroxyl groups is 2. The van der Waals surface area contributed by atoms with Crippen molar-refractivity contribution in [2.45, 2.75) is 366 Å². The first-order valence-electron chi connectivity index (χ1n) is 31.6. The van der Waals surface area contributed by atoms with Crippen molar-refractivity contribution in [3.63, 3.8) is 0 Å². The fourth-order valence-corrected chi connectivity index (χ4v) is 10.0. The second-order valence-corrected chi connectivity index (χ2v) is 21.9. The van der Waals surface area contributed by atoms with Gasteiger partial charge in [-0.2, -0.15) is 0 Å². The maximum atomic E-state index is 13.3. The van der Waals surface area contributed by atoms with Gasteiger partial charge in [0, 0.05) is 6.42 Å². The van der Waals surface area contributed by atoms with E-state index in [9.17, 15) is 19.8 Å². The number of hydrogen-bond donors (Lipinski definition) is 3. The maximum Gasteiger partial charge on any atom is 0.306 e. The van der Waals surface area contributed by atoms with Gasteiger partial charge < -0.3 is 20.3 Å². The summed E-state index contributed by atoms with van der Waals surface area (Å²) in [7, 11) is 0. The summed E-state index contributed by atoms with van der Waals surface area (Å²) in [5, 5.41) is 24.0. The van der Waals surface area contributed by atoms with Crippen molar-refractivity contribution in [3.05, 3.63) is 24.3 Å². The van der Waals surface area contributed by atoms with Crippen molar-refractivity contribution < 1.29 is 24.5 Å². The molecule has 0 aliphatic carbocycles. The summed E-state index contributed by atoms with van der Waals surface area (Å²) in [6.45, 7) is 6.53. The van der Waals surface area contributed by atoms with Crippen LogP contribution in [0.3, 0.4) is 0 Å². The highest BCUT2D eigenvalue weighted by Gasteiger charge is 2.24. The number of carbonyl (C=O) groups is 2. The Morgan fingerprint density at radius 3 is 1.06 bits per heavy atom. The van der Waals surface area contributed by atoms with Gasteiger partial charge in [0.1, 0.15) is 6.10 Å². The molecule has 3 atom stereocenters. The Morgan fingerprint density at radius 2 is 0.714 bits per heavy atom. The lowest BCUT2D eigenvalue weighted by Crippen LogP contribution is -2.46. The standard InChI is InChI=1S/C64H123NO5/c1-4-7-10-13-16-19-22-25-28-31-33-36-39-42-45-48-51-54-57-64(69)70-60(55-52-49-46-43-40-37-34-30-27-24-21-18-15-12-9-6-3)58-63(68)65-61(59-66)62(67)56-53-50-47-44-41-38-35-32-29-26-23-20-17-14-11-8-5-2/h28,31,33,36,60-62,66-67H,4-27,29-30,32,34-35,37-59H2,1-3H3,(H,65,68)/b31-28+,36-33+. The number of unbranched alkanes of at least 4 members (excludes halogenated alkanes) is 43. The van der Waals surface area contributed by atoms with Crippen LogP contribution < -0.4 is 5.32 Å². The summed E-state index contributed by atoms with van der Waals surface area (Å²) in [6.07, 6.45) is 69.6. The molecule has 0 saturated carbocycles. The normalized spacial score (nSPS) is 13.2. The molecule has 0 aliphatic rings. The van der Waals surface area contributed by atoms with Crippen LogP contribution in [0.4, 0.5) is 0 Å². The minimum absolute atomic E-state index is 0.0780. The third kappa shape index (κ3) is 52.7. The van der Waals surface area contributed by atoms with E-state index in [4.69, 9.17) is 4.74 Å². The average Bonchev–Trinajstić information content (AvgIpc) is 3.35. The lowest BCUT2D eigenvalue weighted by molar-refractivity contribution is -0.151. The van der Waals surface area contributed by atoms with Gasteiger partial charge in [0.25, 0.3) is 0 Å². The molecule has 414 valence electrons. The van der Waals surface area contributed by atoms with E-state index in [0.717, 1.165) is 51.4 Å². The van der Waals surface area contributed by atoms with E-state index in [1.54, 1.807) is 0 Å². The highest BCUT2D eigenvalue weighted by molar-refractivity contribution is 5.77. The molecule has 0 saturated heterocycles. The van der Waals surface area contributed by atoms with Gasteiger partial charge in [-0.05, 0) is 51.4 Å². The molecular weight excluding hydrogens is 863 g/mol. The van der Waals surface area contributed by atoms with Gasteiger partial charge in [-0.1, -0.05) is 308 Å². The number of esters is 1. The number of allylic oxidation sites excluding steroid dienone is 4. The zero-order valence-electron chi connectivity index (χ0n) is 47.4. The van der Waals surface area contributed by atoms with Crippen LogP contribution in [0.15, 0.2) is 24.3 Å². The third-order valence-electron chi connectivity index (χ3n) is 14.8. The van der Waals surface area contributed by atoms with Crippen molar-refractivity contribution in [1.29, 1.82) is 0 Å². The van der Waals surface area contributed by atoms with Crippen LogP contribution >= 0.6 is 0 Å². The number of amides is 1. The molecule has 70 heavy (non-hydrogen) atoms. The fraction of sp³-hybridized carbons (Fsp3) is 0.906. The molecular formula is C64H123NO5. The molecule has 0 aromatic heterocycles. The Labute approximate surface area is 437 Å². The lowest BCUT2D eigenvalue weighted by Gasteiger charge is -2.24. The quantitative estimate of drug-likeness (QED) is 0.0321. The topological polar surface area (TPSA) is 95.9 Å². The number of hydrogen-bond acceptors (Lipinski definition) is 5. The SMILES string of the molecule is CCCCCCCCC/C=C/C=C/CCCCCCCC(=O)OC(CCCCCCCCCCCCCCCCCC)CC(=O)NC(CO)C(O)CCCCCCCCCCCCCCCCCCC. The monoisotopic (exact) mass is 986 g/mol. The number of nitrogens with one attached hydrogen (secondary N) is 1. The predicted molar refractivity (Wildman–Crippen MR) is 306 cm³/mol. The molecule has 0 aromatic rings. The van der Waals surface area contributed by atoms with Crippen LogP contribution in [0.1, 0.15) is 348 Å². The first kappa shape index (κ1) is 68.3. The largest absolute Gasteiger partial charge is 0.462 e. The molecule has 0 aliphatic heterocycles. The maximum absolute atomic E-state index is 13.3. The van der Waals surface area contributed by atoms with E-state index in [1.165, 1.54) is 250 Å². The van der Waals surface area contributed by atoms with Crippen molar-refractivity contribution in [3.8, 4) is 0 Å². The van der Waals surface area contributed by atoms with Gasteiger partial charge in [-0.3, -0.25) is 9.59 Å². The average molecular weight is 987 g/mol. The molecule has 6 heteroatoms. The van der Waals surface area contributed by atoms with Gasteiger partial charge in [0.05, 0.1) is 25.2 Å². The van der Waals surface area contributed by atoms with Crippen LogP contribution in [0.25, 0.3) is 0 Å². The second-order valence-electron chi connectivity index (χ2n) is 21.9. The van der Waals surface area contributed by atoms with E-state index < -0.39 is 18.2 Å². The molecule has 1 amide bonds. The van der Waals surface area contributed by atoms with E-state index in [2.05, 4.69) is 50.4 Å². The molecule has 0 heterocycles. The highest BCUT2D eigenvalue weighted by Crippen LogP contribution is 2.19. The number of rotatable bonds is 58. The summed E-state index contributed by atoms with van der Waals surface area (Å²) >= 11 is 0. The lowest BCUT2D eigenvalue weighted by atomic mass is 10.0. The predicted octanol–water partition coefficient (Wildman–Crippen LogP) is 19.8. The molecule has 3 unspecified atom stereocenters. The van der Waals surface area contributed by atoms with Crippen molar-refractivity contribution in [2.75, 3.05) is 6.61 Å². The van der Waals surface area contributed by atoms with Crippen molar-refractivity contribution in [1.82, 2.24) is 5.32 Å².